The molecule has 0 unspecified atom stereocenters. The van der Waals surface area contributed by atoms with Crippen LogP contribution in [0.25, 0.3) is 21.8 Å². The number of pyridine rings is 1. The summed E-state index contributed by atoms with van der Waals surface area (Å²) in [5.41, 5.74) is 2.22. The summed E-state index contributed by atoms with van der Waals surface area (Å²) in [4.78, 5) is 34.9. The summed E-state index contributed by atoms with van der Waals surface area (Å²) in [6.07, 6.45) is 4.02. The Hall–Kier alpha value is -4.95. The van der Waals surface area contributed by atoms with Gasteiger partial charge >= 0.3 is 0 Å². The van der Waals surface area contributed by atoms with Crippen molar-refractivity contribution in [2.45, 2.75) is 25.2 Å². The van der Waals surface area contributed by atoms with Gasteiger partial charge in [-0.15, -0.1) is 11.3 Å². The zero-order valence-corrected chi connectivity index (χ0v) is 26.8. The second kappa shape index (κ2) is 13.2. The summed E-state index contributed by atoms with van der Waals surface area (Å²) in [5, 5.41) is 4.05. The summed E-state index contributed by atoms with van der Waals surface area (Å²) >= 11 is 1.46. The van der Waals surface area contributed by atoms with Gasteiger partial charge in [-0.25, -0.2) is 32.7 Å². The lowest BCUT2D eigenvalue weighted by Crippen LogP contribution is -2.48. The van der Waals surface area contributed by atoms with Crippen LogP contribution in [0.5, 0.6) is 0 Å². The number of aryl methyl sites for hydroxylation is 1. The fourth-order valence-corrected chi connectivity index (χ4v) is 7.09. The standard InChI is InChI=1S/C32H31FN8O3S2/c1-3-29-38-30(22-9-11-25(33)27(19-22)39-46(43,44)24-7-5-4-6-8-24)31(45-29)26-13-14-34-32(37-26)36-23-10-12-28(35-20-23)41-17-15-40(16-18-41)21(2)42/h4-14,19-20,39H,3,15-18H2,1-2H3,(H,34,36,37). The van der Waals surface area contributed by atoms with Crippen LogP contribution >= 0.6 is 11.3 Å². The highest BCUT2D eigenvalue weighted by molar-refractivity contribution is 7.92. The number of sulfonamides is 1. The molecule has 5 aromatic rings. The van der Waals surface area contributed by atoms with Crippen molar-refractivity contribution in [1.29, 1.82) is 0 Å². The lowest BCUT2D eigenvalue weighted by Gasteiger charge is -2.34. The molecule has 3 aromatic heterocycles. The first-order valence-electron chi connectivity index (χ1n) is 14.6. The average Bonchev–Trinajstić information content (AvgIpc) is 3.51. The summed E-state index contributed by atoms with van der Waals surface area (Å²) in [6, 6.07) is 17.6. The number of nitrogens with zero attached hydrogens (tertiary/aromatic N) is 6. The van der Waals surface area contributed by atoms with Crippen LogP contribution in [0.1, 0.15) is 18.9 Å². The van der Waals surface area contributed by atoms with Crippen LogP contribution in [0.2, 0.25) is 0 Å². The van der Waals surface area contributed by atoms with Crippen LogP contribution in [-0.4, -0.2) is 65.3 Å². The first-order chi connectivity index (χ1) is 22.2. The molecule has 1 amide bonds. The maximum Gasteiger partial charge on any atom is 0.261 e. The van der Waals surface area contributed by atoms with E-state index >= 15 is 0 Å². The third-order valence-corrected chi connectivity index (χ3v) is 10.1. The number of aromatic nitrogens is 4. The van der Waals surface area contributed by atoms with Crippen LogP contribution in [0.15, 0.2) is 84.0 Å². The van der Waals surface area contributed by atoms with Gasteiger partial charge in [0, 0.05) is 44.9 Å². The topological polar surface area (TPSA) is 133 Å². The van der Waals surface area contributed by atoms with Gasteiger partial charge in [0.25, 0.3) is 10.0 Å². The van der Waals surface area contributed by atoms with Crippen LogP contribution in [0, 0.1) is 5.82 Å². The van der Waals surface area contributed by atoms with Gasteiger partial charge < -0.3 is 15.1 Å². The fraction of sp³-hybridized carbons (Fsp3) is 0.219. The number of hydrogen-bond acceptors (Lipinski definition) is 10. The van der Waals surface area contributed by atoms with Gasteiger partial charge in [0.1, 0.15) is 11.6 Å². The van der Waals surface area contributed by atoms with E-state index in [-0.39, 0.29) is 16.5 Å². The third kappa shape index (κ3) is 6.82. The van der Waals surface area contributed by atoms with E-state index < -0.39 is 15.8 Å². The number of anilines is 4. The Kier molecular flexibility index (Phi) is 8.90. The number of nitrogens with one attached hydrogen (secondary N) is 2. The van der Waals surface area contributed by atoms with Crippen LogP contribution in [0.3, 0.4) is 0 Å². The van der Waals surface area contributed by atoms with Crippen molar-refractivity contribution in [1.82, 2.24) is 24.8 Å². The molecule has 0 spiro atoms. The second-order valence-corrected chi connectivity index (χ2v) is 13.3. The first-order valence-corrected chi connectivity index (χ1v) is 16.9. The van der Waals surface area contributed by atoms with Crippen LogP contribution < -0.4 is 14.9 Å². The van der Waals surface area contributed by atoms with Gasteiger partial charge in [-0.05, 0) is 55.0 Å². The molecule has 0 saturated carbocycles. The number of carbonyl (C=O) groups is 1. The van der Waals surface area contributed by atoms with Gasteiger partial charge in [-0.3, -0.25) is 9.52 Å². The first kappa shape index (κ1) is 31.0. The van der Waals surface area contributed by atoms with E-state index in [9.17, 15) is 17.6 Å². The van der Waals surface area contributed by atoms with E-state index in [1.807, 2.05) is 24.0 Å². The Labute approximate surface area is 270 Å². The Morgan fingerprint density at radius 2 is 1.76 bits per heavy atom. The van der Waals surface area contributed by atoms with Gasteiger partial charge in [0.05, 0.1) is 43.7 Å². The maximum atomic E-state index is 14.9. The van der Waals surface area contributed by atoms with Crippen molar-refractivity contribution >= 4 is 50.4 Å². The number of halogens is 1. The number of piperazine rings is 1. The van der Waals surface area contributed by atoms with Crippen LogP contribution in [0.4, 0.5) is 27.5 Å². The quantitative estimate of drug-likeness (QED) is 0.208. The van der Waals surface area contributed by atoms with Crippen molar-refractivity contribution < 1.29 is 17.6 Å². The molecule has 0 bridgehead atoms. The highest BCUT2D eigenvalue weighted by Gasteiger charge is 2.22. The minimum atomic E-state index is -4.01. The average molecular weight is 659 g/mol. The molecule has 14 heteroatoms. The predicted octanol–water partition coefficient (Wildman–Crippen LogP) is 5.58. The monoisotopic (exact) mass is 658 g/mol. The zero-order chi connectivity index (χ0) is 32.3. The molecular weight excluding hydrogens is 628 g/mol. The fourth-order valence-electron chi connectivity index (χ4n) is 5.01. The molecular formula is C32H31FN8O3S2. The maximum absolute atomic E-state index is 14.9. The molecule has 236 valence electrons. The van der Waals surface area contributed by atoms with Crippen molar-refractivity contribution in [3.05, 3.63) is 89.9 Å². The Balaban J connectivity index is 1.23. The highest BCUT2D eigenvalue weighted by atomic mass is 32.2. The molecule has 1 aliphatic rings. The molecule has 0 aliphatic carbocycles. The normalized spacial score (nSPS) is 13.5. The Morgan fingerprint density at radius 3 is 2.46 bits per heavy atom. The van der Waals surface area contributed by atoms with E-state index in [2.05, 4.69) is 24.9 Å². The van der Waals surface area contributed by atoms with E-state index in [4.69, 9.17) is 9.97 Å². The minimum absolute atomic E-state index is 0.0285. The van der Waals surface area contributed by atoms with Gasteiger partial charge in [0.15, 0.2) is 0 Å². The molecule has 0 radical (unpaired) electrons. The molecule has 1 saturated heterocycles. The number of rotatable bonds is 9. The van der Waals surface area contributed by atoms with Gasteiger partial charge in [-0.1, -0.05) is 25.1 Å². The van der Waals surface area contributed by atoms with Crippen LogP contribution in [-0.2, 0) is 21.2 Å². The molecule has 11 nitrogen and oxygen atoms in total. The molecule has 6 rings (SSSR count). The summed E-state index contributed by atoms with van der Waals surface area (Å²) in [7, 11) is -4.01. The molecule has 1 aliphatic heterocycles. The number of benzene rings is 2. The smallest absolute Gasteiger partial charge is 0.261 e. The summed E-state index contributed by atoms with van der Waals surface area (Å²) in [5.74, 6) is 0.561. The van der Waals surface area contributed by atoms with Crippen molar-refractivity contribution in [3.8, 4) is 21.8 Å². The third-order valence-electron chi connectivity index (χ3n) is 7.45. The Bertz CT molecular complexity index is 1960. The van der Waals surface area contributed by atoms with E-state index in [1.165, 1.54) is 35.6 Å². The minimum Gasteiger partial charge on any atom is -0.353 e. The number of amides is 1. The molecule has 4 heterocycles. The number of carbonyl (C=O) groups excluding carboxylic acids is 1. The zero-order valence-electron chi connectivity index (χ0n) is 25.1. The van der Waals surface area contributed by atoms with Crippen molar-refractivity contribution in [3.63, 3.8) is 0 Å². The number of hydrogen-bond donors (Lipinski definition) is 2. The number of thiazole rings is 1. The van der Waals surface area contributed by atoms with Gasteiger partial charge in [-0.2, -0.15) is 0 Å². The summed E-state index contributed by atoms with van der Waals surface area (Å²) < 4.78 is 43.1. The summed E-state index contributed by atoms with van der Waals surface area (Å²) in [6.45, 7) is 6.34. The van der Waals surface area contributed by atoms with E-state index in [0.717, 1.165) is 28.8 Å². The second-order valence-electron chi connectivity index (χ2n) is 10.5. The molecule has 0 atom stereocenters. The Morgan fingerprint density at radius 1 is 0.978 bits per heavy atom. The SMILES string of the molecule is CCc1nc(-c2ccc(F)c(NS(=O)(=O)c3ccccc3)c2)c(-c2ccnc(Nc3ccc(N4CCN(C(C)=O)CC4)nc3)n2)s1. The highest BCUT2D eigenvalue weighted by Crippen LogP contribution is 2.38. The molecule has 1 fully saturated rings. The lowest BCUT2D eigenvalue weighted by molar-refractivity contribution is -0.129. The van der Waals surface area contributed by atoms with E-state index in [1.54, 1.807) is 49.6 Å². The lowest BCUT2D eigenvalue weighted by atomic mass is 10.1. The van der Waals surface area contributed by atoms with Crippen molar-refractivity contribution in [2.24, 2.45) is 0 Å². The largest absolute Gasteiger partial charge is 0.353 e. The molecule has 46 heavy (non-hydrogen) atoms. The predicted molar refractivity (Wildman–Crippen MR) is 177 cm³/mol. The van der Waals surface area contributed by atoms with Crippen molar-refractivity contribution in [2.75, 3.05) is 41.1 Å². The molecule has 2 aromatic carbocycles. The van der Waals surface area contributed by atoms with Gasteiger partial charge in [0.2, 0.25) is 11.9 Å². The molecule has 2 N–H and O–H groups in total. The van der Waals surface area contributed by atoms with E-state index in [0.29, 0.717) is 48.1 Å².